The van der Waals surface area contributed by atoms with Crippen LogP contribution >= 0.6 is 34.5 Å². The molecule has 1 amide bonds. The van der Waals surface area contributed by atoms with Gasteiger partial charge in [-0.15, -0.1) is 16.4 Å². The normalized spacial score (nSPS) is 13.3. The highest BCUT2D eigenvalue weighted by Crippen LogP contribution is 2.38. The van der Waals surface area contributed by atoms with Crippen LogP contribution < -0.4 is 4.90 Å². The van der Waals surface area contributed by atoms with Gasteiger partial charge in [-0.3, -0.25) is 19.3 Å². The summed E-state index contributed by atoms with van der Waals surface area (Å²) in [7, 11) is 0. The van der Waals surface area contributed by atoms with Gasteiger partial charge in [-0.1, -0.05) is 40.5 Å². The molecular weight excluding hydrogens is 461 g/mol. The number of carbonyl (C=O) groups is 3. The van der Waals surface area contributed by atoms with Crippen LogP contribution in [-0.4, -0.2) is 37.5 Å². The van der Waals surface area contributed by atoms with Crippen molar-refractivity contribution in [2.24, 2.45) is 0 Å². The third-order valence-corrected chi connectivity index (χ3v) is 6.31. The van der Waals surface area contributed by atoms with Gasteiger partial charge in [-0.05, 0) is 24.3 Å². The number of halogens is 2. The van der Waals surface area contributed by atoms with E-state index in [1.165, 1.54) is 33.1 Å². The molecule has 2 aromatic heterocycles. The predicted molar refractivity (Wildman–Crippen MR) is 116 cm³/mol. The highest BCUT2D eigenvalue weighted by atomic mass is 35.5. The number of carbonyl (C=O) groups excluding carboxylic acids is 3. The summed E-state index contributed by atoms with van der Waals surface area (Å²) in [6, 6.07) is 10.4. The lowest BCUT2D eigenvalue weighted by molar-refractivity contribution is -0.114. The van der Waals surface area contributed by atoms with E-state index in [1.807, 2.05) is 24.3 Å². The molecule has 2 aromatic carbocycles. The molecule has 0 unspecified atom stereocenters. The minimum atomic E-state index is -0.723. The molecule has 1 aliphatic rings. The van der Waals surface area contributed by atoms with Gasteiger partial charge in [-0.25, -0.2) is 9.67 Å². The predicted octanol–water partition coefficient (Wildman–Crippen LogP) is 3.81. The highest BCUT2D eigenvalue weighted by molar-refractivity contribution is 7.20. The zero-order valence-corrected chi connectivity index (χ0v) is 17.9. The van der Waals surface area contributed by atoms with Crippen molar-refractivity contribution >= 4 is 67.9 Å². The van der Waals surface area contributed by atoms with Gasteiger partial charge in [0.15, 0.2) is 5.01 Å². The van der Waals surface area contributed by atoms with Crippen molar-refractivity contribution in [3.63, 3.8) is 0 Å². The van der Waals surface area contributed by atoms with E-state index in [0.717, 1.165) is 10.2 Å². The summed E-state index contributed by atoms with van der Waals surface area (Å²) in [5.41, 5.74) is 1.61. The number of rotatable bonds is 5. The maximum Gasteiger partial charge on any atom is 0.299 e. The summed E-state index contributed by atoms with van der Waals surface area (Å²) in [5.74, 6) is -1.61. The first kappa shape index (κ1) is 19.8. The second-order valence-corrected chi connectivity index (χ2v) is 8.70. The Hall–Kier alpha value is -3.14. The second-order valence-electron chi connectivity index (χ2n) is 6.82. The Kier molecular flexibility index (Phi) is 4.81. The lowest BCUT2D eigenvalue weighted by atomic mass is 10.1. The van der Waals surface area contributed by atoms with E-state index in [-0.39, 0.29) is 34.5 Å². The number of anilines is 1. The van der Waals surface area contributed by atoms with Crippen LogP contribution in [0.25, 0.3) is 10.2 Å². The van der Waals surface area contributed by atoms with E-state index < -0.39 is 11.7 Å². The third-order valence-electron chi connectivity index (χ3n) is 4.73. The maximum absolute atomic E-state index is 12.6. The van der Waals surface area contributed by atoms with Crippen LogP contribution in [0.4, 0.5) is 5.69 Å². The van der Waals surface area contributed by atoms with Gasteiger partial charge in [0.25, 0.3) is 11.7 Å². The third kappa shape index (κ3) is 3.50. The summed E-state index contributed by atoms with van der Waals surface area (Å²) in [6.07, 6.45) is 1.55. The number of para-hydroxylation sites is 1. The van der Waals surface area contributed by atoms with Gasteiger partial charge < -0.3 is 0 Å². The van der Waals surface area contributed by atoms with Crippen LogP contribution in [0.15, 0.2) is 42.6 Å². The average molecular weight is 472 g/mol. The minimum absolute atomic E-state index is 0.0196. The number of nitrogens with zero attached hydrogens (tertiary/aromatic N) is 5. The first-order valence-corrected chi connectivity index (χ1v) is 10.6. The number of fused-ring (bicyclic) bond motifs is 2. The number of Topliss-reactive ketones (excluding diaryl/α,β-unsaturated/α-hetero) is 2. The summed E-state index contributed by atoms with van der Waals surface area (Å²) in [5, 5.41) is 8.83. The smallest absolute Gasteiger partial charge is 0.297 e. The quantitative estimate of drug-likeness (QED) is 0.324. The van der Waals surface area contributed by atoms with Crippen LogP contribution in [0, 0.1) is 0 Å². The van der Waals surface area contributed by atoms with Gasteiger partial charge >= 0.3 is 0 Å². The van der Waals surface area contributed by atoms with Crippen LogP contribution in [0.2, 0.25) is 10.0 Å². The number of hydrogen-bond donors (Lipinski definition) is 0. The van der Waals surface area contributed by atoms with Crippen molar-refractivity contribution in [2.45, 2.75) is 13.1 Å². The molecule has 0 atom stereocenters. The molecule has 0 saturated heterocycles. The standard InChI is InChI=1S/C20H11Cl2N5O3S/c21-10-5-12-17(13(22)6-10)27(20(30)18(12)29)8-11-7-26(25-24-11)9-15(28)19-23-14-3-1-2-4-16(14)31-19/h1-7H,8-9H2. The number of hydrogen-bond acceptors (Lipinski definition) is 7. The second kappa shape index (κ2) is 7.52. The van der Waals surface area contributed by atoms with Crippen LogP contribution in [0.3, 0.4) is 0 Å². The van der Waals surface area contributed by atoms with Crippen molar-refractivity contribution in [3.8, 4) is 0 Å². The lowest BCUT2D eigenvalue weighted by Crippen LogP contribution is -2.29. The van der Waals surface area contributed by atoms with E-state index in [2.05, 4.69) is 15.3 Å². The van der Waals surface area contributed by atoms with Crippen molar-refractivity contribution in [1.82, 2.24) is 20.0 Å². The summed E-state index contributed by atoms with van der Waals surface area (Å²) < 4.78 is 2.30. The Morgan fingerprint density at radius 2 is 1.94 bits per heavy atom. The van der Waals surface area contributed by atoms with Crippen molar-refractivity contribution in [3.05, 3.63) is 68.9 Å². The topological polar surface area (TPSA) is 98.1 Å². The molecule has 8 nitrogen and oxygen atoms in total. The molecule has 11 heteroatoms. The number of amides is 1. The van der Waals surface area contributed by atoms with Crippen LogP contribution in [-0.2, 0) is 17.9 Å². The van der Waals surface area contributed by atoms with E-state index >= 15 is 0 Å². The molecule has 0 spiro atoms. The fourth-order valence-electron chi connectivity index (χ4n) is 3.36. The lowest BCUT2D eigenvalue weighted by Gasteiger charge is -2.16. The fraction of sp³-hybridized carbons (Fsp3) is 0.100. The summed E-state index contributed by atoms with van der Waals surface area (Å²) >= 11 is 13.5. The minimum Gasteiger partial charge on any atom is -0.297 e. The zero-order chi connectivity index (χ0) is 21.7. The molecule has 1 aliphatic heterocycles. The van der Waals surface area contributed by atoms with Crippen molar-refractivity contribution < 1.29 is 14.4 Å². The molecule has 0 radical (unpaired) electrons. The van der Waals surface area contributed by atoms with Crippen LogP contribution in [0.5, 0.6) is 0 Å². The first-order chi connectivity index (χ1) is 14.9. The molecule has 0 saturated carbocycles. The van der Waals surface area contributed by atoms with Gasteiger partial charge in [0.2, 0.25) is 5.78 Å². The fourth-order valence-corrected chi connectivity index (χ4v) is 4.85. The van der Waals surface area contributed by atoms with E-state index in [0.29, 0.717) is 16.4 Å². The van der Waals surface area contributed by atoms with Crippen molar-refractivity contribution in [1.29, 1.82) is 0 Å². The van der Waals surface area contributed by atoms with Gasteiger partial charge in [0, 0.05) is 5.02 Å². The molecule has 154 valence electrons. The number of aromatic nitrogens is 4. The number of ketones is 2. The summed E-state index contributed by atoms with van der Waals surface area (Å²) in [6.45, 7) is -0.0685. The highest BCUT2D eigenvalue weighted by Gasteiger charge is 2.38. The van der Waals surface area contributed by atoms with E-state index in [4.69, 9.17) is 23.2 Å². The van der Waals surface area contributed by atoms with Gasteiger partial charge in [-0.2, -0.15) is 0 Å². The monoisotopic (exact) mass is 471 g/mol. The van der Waals surface area contributed by atoms with Crippen LogP contribution in [0.1, 0.15) is 25.9 Å². The molecule has 0 bridgehead atoms. The largest absolute Gasteiger partial charge is 0.299 e. The molecule has 31 heavy (non-hydrogen) atoms. The molecule has 3 heterocycles. The Balaban J connectivity index is 1.35. The summed E-state index contributed by atoms with van der Waals surface area (Å²) in [4.78, 5) is 42.9. The average Bonchev–Trinajstić information content (AvgIpc) is 3.42. The molecule has 0 N–H and O–H groups in total. The Morgan fingerprint density at radius 3 is 2.74 bits per heavy atom. The Bertz CT molecular complexity index is 1360. The molecule has 0 aliphatic carbocycles. The first-order valence-electron chi connectivity index (χ1n) is 9.04. The Morgan fingerprint density at radius 1 is 1.13 bits per heavy atom. The molecule has 4 aromatic rings. The van der Waals surface area contributed by atoms with E-state index in [1.54, 1.807) is 6.20 Å². The molecular formula is C20H11Cl2N5O3S. The van der Waals surface area contributed by atoms with Crippen molar-refractivity contribution in [2.75, 3.05) is 4.90 Å². The zero-order valence-electron chi connectivity index (χ0n) is 15.6. The molecule has 0 fully saturated rings. The van der Waals surface area contributed by atoms with Gasteiger partial charge in [0.1, 0.15) is 12.2 Å². The Labute approximate surface area is 189 Å². The molecule has 5 rings (SSSR count). The SMILES string of the molecule is O=C(Cn1cc(CN2C(=O)C(=O)c3cc(Cl)cc(Cl)c32)nn1)c1nc2ccccc2s1. The number of benzene rings is 2. The maximum atomic E-state index is 12.6. The number of thiazole rings is 1. The van der Waals surface area contributed by atoms with E-state index in [9.17, 15) is 14.4 Å². The van der Waals surface area contributed by atoms with Gasteiger partial charge in [0.05, 0.1) is 39.2 Å².